The van der Waals surface area contributed by atoms with Crippen LogP contribution < -0.4 is 4.74 Å². The number of carbonyl (C=O) groups is 1. The second kappa shape index (κ2) is 10.6. The molecule has 1 unspecified atom stereocenters. The van der Waals surface area contributed by atoms with Gasteiger partial charge in [-0.05, 0) is 73.7 Å². The molecule has 1 heterocycles. The first-order chi connectivity index (χ1) is 16.2. The molecule has 3 aromatic rings. The third kappa shape index (κ3) is 4.97. The summed E-state index contributed by atoms with van der Waals surface area (Å²) in [5.41, 5.74) is 3.29. The quantitative estimate of drug-likeness (QED) is 0.251. The predicted octanol–water partition coefficient (Wildman–Crippen LogP) is 6.50. The van der Waals surface area contributed by atoms with Crippen molar-refractivity contribution in [3.05, 3.63) is 59.0 Å². The topological polar surface area (TPSA) is 49.7 Å². The highest BCUT2D eigenvalue weighted by Gasteiger charge is 2.37. The van der Waals surface area contributed by atoms with E-state index in [1.54, 1.807) is 19.9 Å². The summed E-state index contributed by atoms with van der Waals surface area (Å²) in [5.74, 6) is 0.229. The number of hydrogen-bond acceptors (Lipinski definition) is 4. The van der Waals surface area contributed by atoms with Gasteiger partial charge < -0.3 is 18.8 Å². The highest BCUT2D eigenvalue weighted by molar-refractivity contribution is 5.90. The average molecular weight is 470 g/mol. The number of fused-ring (bicyclic) bond motifs is 1. The maximum absolute atomic E-state index is 14.1. The first-order valence-electron chi connectivity index (χ1n) is 11.9. The number of ether oxygens (including phenoxy) is 3. The minimum absolute atomic E-state index is 0.121. The van der Waals surface area contributed by atoms with Crippen molar-refractivity contribution >= 4 is 16.9 Å². The Morgan fingerprint density at radius 2 is 1.88 bits per heavy atom. The number of halogens is 1. The van der Waals surface area contributed by atoms with E-state index in [1.165, 1.54) is 20.3 Å². The molecule has 3 rings (SSSR count). The number of aromatic nitrogens is 1. The van der Waals surface area contributed by atoms with Gasteiger partial charge in [0.15, 0.2) is 5.60 Å². The van der Waals surface area contributed by atoms with Gasteiger partial charge in [-0.25, -0.2) is 9.18 Å². The van der Waals surface area contributed by atoms with E-state index in [4.69, 9.17) is 14.2 Å². The van der Waals surface area contributed by atoms with E-state index < -0.39 is 11.6 Å². The zero-order chi connectivity index (χ0) is 25.0. The number of esters is 1. The maximum Gasteiger partial charge on any atom is 0.338 e. The molecule has 1 aromatic heterocycles. The number of benzene rings is 2. The summed E-state index contributed by atoms with van der Waals surface area (Å²) in [7, 11) is 2.89. The molecule has 0 radical (unpaired) electrons. The Labute approximate surface area is 201 Å². The molecule has 34 heavy (non-hydrogen) atoms. The van der Waals surface area contributed by atoms with Crippen molar-refractivity contribution in [2.75, 3.05) is 20.8 Å². The smallest absolute Gasteiger partial charge is 0.338 e. The Balaban J connectivity index is 2.31. The Bertz CT molecular complexity index is 1170. The zero-order valence-corrected chi connectivity index (χ0v) is 21.3. The molecule has 0 saturated heterocycles. The van der Waals surface area contributed by atoms with Crippen LogP contribution in [0.2, 0.25) is 0 Å². The van der Waals surface area contributed by atoms with Gasteiger partial charge in [0.05, 0.1) is 19.2 Å². The number of nitrogens with zero attached hydrogens (tertiary/aromatic N) is 1. The molecule has 0 spiro atoms. The molecular weight excluding hydrogens is 433 g/mol. The number of methoxy groups -OCH3 is 2. The Morgan fingerprint density at radius 3 is 2.47 bits per heavy atom. The lowest BCUT2D eigenvalue weighted by molar-refractivity contribution is -0.163. The van der Waals surface area contributed by atoms with Gasteiger partial charge in [0.25, 0.3) is 0 Å². The van der Waals surface area contributed by atoms with E-state index in [2.05, 4.69) is 25.3 Å². The molecule has 0 fully saturated rings. The normalized spacial score (nSPS) is 13.3. The van der Waals surface area contributed by atoms with E-state index in [0.29, 0.717) is 18.6 Å². The van der Waals surface area contributed by atoms with Crippen molar-refractivity contribution in [2.24, 2.45) is 0 Å². The van der Waals surface area contributed by atoms with Crippen LogP contribution in [0.4, 0.5) is 4.39 Å². The monoisotopic (exact) mass is 469 g/mol. The van der Waals surface area contributed by atoms with Gasteiger partial charge in [0, 0.05) is 30.3 Å². The number of aryl methyl sites for hydroxylation is 1. The van der Waals surface area contributed by atoms with Gasteiger partial charge in [-0.3, -0.25) is 0 Å². The molecule has 0 aliphatic carbocycles. The third-order valence-corrected chi connectivity index (χ3v) is 6.38. The first-order valence-corrected chi connectivity index (χ1v) is 11.9. The molecule has 0 aliphatic heterocycles. The SMILES string of the molecule is CCCCOc1ccc2c(c1)c(CC(C)(OC)C(=O)OC)c(C(C)C)n2-c1ccc(F)c(C)c1. The standard InChI is InChI=1S/C28H36FNO4/c1-8-9-14-34-21-11-13-25-22(16-21)23(17-28(5,33-7)27(31)32-6)26(18(2)3)30(25)20-10-12-24(29)19(4)15-20/h10-13,15-16,18H,8-9,14,17H2,1-7H3. The summed E-state index contributed by atoms with van der Waals surface area (Å²) in [6.45, 7) is 10.5. The number of unbranched alkanes of at least 4 members (excludes halogenated alkanes) is 1. The molecule has 0 amide bonds. The van der Waals surface area contributed by atoms with Crippen LogP contribution in [0.1, 0.15) is 63.3 Å². The lowest BCUT2D eigenvalue weighted by atomic mass is 9.91. The minimum Gasteiger partial charge on any atom is -0.494 e. The van der Waals surface area contributed by atoms with Gasteiger partial charge in [-0.2, -0.15) is 0 Å². The number of carbonyl (C=O) groups excluding carboxylic acids is 1. The van der Waals surface area contributed by atoms with Gasteiger partial charge in [0.1, 0.15) is 11.6 Å². The van der Waals surface area contributed by atoms with Crippen LogP contribution in [0.15, 0.2) is 36.4 Å². The van der Waals surface area contributed by atoms with Crippen LogP contribution in [0, 0.1) is 12.7 Å². The third-order valence-electron chi connectivity index (χ3n) is 6.38. The van der Waals surface area contributed by atoms with Crippen LogP contribution in [0.25, 0.3) is 16.6 Å². The van der Waals surface area contributed by atoms with Crippen molar-refractivity contribution < 1.29 is 23.4 Å². The molecule has 5 nitrogen and oxygen atoms in total. The second-order valence-corrected chi connectivity index (χ2v) is 9.27. The van der Waals surface area contributed by atoms with Gasteiger partial charge >= 0.3 is 5.97 Å². The molecule has 1 atom stereocenters. The average Bonchev–Trinajstić information content (AvgIpc) is 3.13. The molecular formula is C28H36FNO4. The highest BCUT2D eigenvalue weighted by atomic mass is 19.1. The molecule has 184 valence electrons. The van der Waals surface area contributed by atoms with Crippen LogP contribution >= 0.6 is 0 Å². The fourth-order valence-electron chi connectivity index (χ4n) is 4.40. The second-order valence-electron chi connectivity index (χ2n) is 9.27. The Morgan fingerprint density at radius 1 is 1.15 bits per heavy atom. The van der Waals surface area contributed by atoms with Crippen molar-refractivity contribution in [1.29, 1.82) is 0 Å². The van der Waals surface area contributed by atoms with Crippen LogP contribution in [-0.2, 0) is 20.7 Å². The van der Waals surface area contributed by atoms with Crippen LogP contribution in [-0.4, -0.2) is 37.0 Å². The Kier molecular flexibility index (Phi) is 8.03. The number of rotatable bonds is 10. The summed E-state index contributed by atoms with van der Waals surface area (Å²) in [4.78, 5) is 12.7. The van der Waals surface area contributed by atoms with E-state index in [9.17, 15) is 9.18 Å². The van der Waals surface area contributed by atoms with E-state index in [-0.39, 0.29) is 11.7 Å². The molecule has 2 aromatic carbocycles. The summed E-state index contributed by atoms with van der Waals surface area (Å²) in [5, 5.41) is 0.979. The molecule has 0 saturated carbocycles. The largest absolute Gasteiger partial charge is 0.494 e. The lowest BCUT2D eigenvalue weighted by Crippen LogP contribution is -2.41. The van der Waals surface area contributed by atoms with E-state index in [0.717, 1.165) is 46.4 Å². The maximum atomic E-state index is 14.1. The van der Waals surface area contributed by atoms with Gasteiger partial charge in [-0.1, -0.05) is 27.2 Å². The molecule has 0 aliphatic rings. The zero-order valence-electron chi connectivity index (χ0n) is 21.3. The van der Waals surface area contributed by atoms with Gasteiger partial charge in [-0.15, -0.1) is 0 Å². The summed E-state index contributed by atoms with van der Waals surface area (Å²) in [6, 6.07) is 11.2. The lowest BCUT2D eigenvalue weighted by Gasteiger charge is -2.26. The van der Waals surface area contributed by atoms with E-state index in [1.807, 2.05) is 24.3 Å². The number of hydrogen-bond donors (Lipinski definition) is 0. The molecule has 0 bridgehead atoms. The minimum atomic E-state index is -1.16. The predicted molar refractivity (Wildman–Crippen MR) is 134 cm³/mol. The van der Waals surface area contributed by atoms with Gasteiger partial charge in [0.2, 0.25) is 0 Å². The Hall–Kier alpha value is -2.86. The van der Waals surface area contributed by atoms with Crippen molar-refractivity contribution in [2.45, 2.75) is 65.4 Å². The fourth-order valence-corrected chi connectivity index (χ4v) is 4.40. The van der Waals surface area contributed by atoms with E-state index >= 15 is 0 Å². The first kappa shape index (κ1) is 25.8. The summed E-state index contributed by atoms with van der Waals surface area (Å²) < 4.78 is 33.0. The summed E-state index contributed by atoms with van der Waals surface area (Å²) >= 11 is 0. The summed E-state index contributed by atoms with van der Waals surface area (Å²) in [6.07, 6.45) is 2.35. The van der Waals surface area contributed by atoms with Crippen molar-refractivity contribution in [1.82, 2.24) is 4.57 Å². The molecule has 6 heteroatoms. The molecule has 0 N–H and O–H groups in total. The van der Waals surface area contributed by atoms with Crippen LogP contribution in [0.3, 0.4) is 0 Å². The van der Waals surface area contributed by atoms with Crippen molar-refractivity contribution in [3.63, 3.8) is 0 Å². The fraction of sp³-hybridized carbons (Fsp3) is 0.464. The van der Waals surface area contributed by atoms with Crippen LogP contribution in [0.5, 0.6) is 5.75 Å². The highest BCUT2D eigenvalue weighted by Crippen LogP contribution is 2.38. The van der Waals surface area contributed by atoms with Crippen molar-refractivity contribution in [3.8, 4) is 11.4 Å².